The molecule has 1 aliphatic rings. The molecule has 0 aromatic heterocycles. The molecule has 0 N–H and O–H groups in total. The summed E-state index contributed by atoms with van der Waals surface area (Å²) in [5.74, 6) is -3.55. The van der Waals surface area contributed by atoms with Crippen molar-refractivity contribution in [1.82, 2.24) is 4.90 Å². The summed E-state index contributed by atoms with van der Waals surface area (Å²) in [5, 5.41) is 0. The van der Waals surface area contributed by atoms with Gasteiger partial charge in [0.1, 0.15) is 6.61 Å². The van der Waals surface area contributed by atoms with E-state index in [2.05, 4.69) is 4.74 Å². The Labute approximate surface area is 137 Å². The Bertz CT molecular complexity index is 576. The first kappa shape index (κ1) is 18.1. The lowest BCUT2D eigenvalue weighted by molar-refractivity contribution is -0.192. The Balaban J connectivity index is 2.03. The molecule has 1 amide bonds. The molecule has 2 unspecified atom stereocenters. The minimum Gasteiger partial charge on any atom is -0.469 e. The summed E-state index contributed by atoms with van der Waals surface area (Å²) in [6.07, 6.45) is -5.76. The predicted molar refractivity (Wildman–Crippen MR) is 77.9 cm³/mol. The Morgan fingerprint density at radius 3 is 2.46 bits per heavy atom. The number of methoxy groups -OCH3 is 1. The van der Waals surface area contributed by atoms with Gasteiger partial charge in [0.2, 0.25) is 0 Å². The molecule has 5 nitrogen and oxygen atoms in total. The molecule has 2 atom stereocenters. The van der Waals surface area contributed by atoms with Crippen LogP contribution in [-0.4, -0.2) is 43.3 Å². The number of rotatable bonds is 3. The van der Waals surface area contributed by atoms with Gasteiger partial charge in [-0.05, 0) is 12.0 Å². The number of alkyl halides is 3. The summed E-state index contributed by atoms with van der Waals surface area (Å²) in [4.78, 5) is 24.6. The number of hydrogen-bond acceptors (Lipinski definition) is 4. The van der Waals surface area contributed by atoms with Crippen LogP contribution in [0.5, 0.6) is 0 Å². The molecule has 2 rings (SSSR count). The zero-order valence-corrected chi connectivity index (χ0v) is 13.1. The first-order chi connectivity index (χ1) is 11.3. The quantitative estimate of drug-likeness (QED) is 0.791. The maximum Gasteiger partial charge on any atom is 0.410 e. The molecule has 0 radical (unpaired) electrons. The fourth-order valence-corrected chi connectivity index (χ4v) is 2.63. The fourth-order valence-electron chi connectivity index (χ4n) is 2.63. The highest BCUT2D eigenvalue weighted by molar-refractivity contribution is 5.74. The van der Waals surface area contributed by atoms with E-state index in [0.717, 1.165) is 17.6 Å². The van der Waals surface area contributed by atoms with Crippen LogP contribution in [0.25, 0.3) is 0 Å². The van der Waals surface area contributed by atoms with Crippen molar-refractivity contribution in [3.8, 4) is 0 Å². The van der Waals surface area contributed by atoms with Gasteiger partial charge >= 0.3 is 18.2 Å². The number of halogens is 3. The number of carbonyl (C=O) groups excluding carboxylic acids is 2. The molecule has 132 valence electrons. The third-order valence-corrected chi connectivity index (χ3v) is 3.91. The van der Waals surface area contributed by atoms with Crippen LogP contribution in [0.4, 0.5) is 18.0 Å². The van der Waals surface area contributed by atoms with E-state index in [0.29, 0.717) is 0 Å². The van der Waals surface area contributed by atoms with Gasteiger partial charge in [0.25, 0.3) is 0 Å². The molecule has 0 saturated carbocycles. The summed E-state index contributed by atoms with van der Waals surface area (Å²) < 4.78 is 48.7. The van der Waals surface area contributed by atoms with Crippen LogP contribution < -0.4 is 0 Å². The zero-order valence-electron chi connectivity index (χ0n) is 13.1. The van der Waals surface area contributed by atoms with Crippen molar-refractivity contribution in [1.29, 1.82) is 0 Å². The molecule has 1 heterocycles. The van der Waals surface area contributed by atoms with E-state index >= 15 is 0 Å². The van der Waals surface area contributed by atoms with Crippen LogP contribution in [0.3, 0.4) is 0 Å². The third-order valence-electron chi connectivity index (χ3n) is 3.91. The SMILES string of the molecule is COC(=O)C1CC(C(F)(F)F)CN(C(=O)OCc2ccccc2)C1. The molecule has 8 heteroatoms. The van der Waals surface area contributed by atoms with Gasteiger partial charge < -0.3 is 14.4 Å². The first-order valence-corrected chi connectivity index (χ1v) is 7.41. The largest absolute Gasteiger partial charge is 0.469 e. The molecule has 1 saturated heterocycles. The van der Waals surface area contributed by atoms with E-state index in [1.165, 1.54) is 0 Å². The van der Waals surface area contributed by atoms with Crippen LogP contribution in [0.1, 0.15) is 12.0 Å². The van der Waals surface area contributed by atoms with E-state index in [9.17, 15) is 22.8 Å². The number of hydrogen-bond donors (Lipinski definition) is 0. The molecule has 1 aromatic carbocycles. The summed E-state index contributed by atoms with van der Waals surface area (Å²) >= 11 is 0. The number of likely N-dealkylation sites (tertiary alicyclic amines) is 1. The van der Waals surface area contributed by atoms with Crippen LogP contribution in [-0.2, 0) is 20.9 Å². The zero-order chi connectivity index (χ0) is 17.7. The first-order valence-electron chi connectivity index (χ1n) is 7.41. The second-order valence-corrected chi connectivity index (χ2v) is 5.64. The number of ether oxygens (including phenoxy) is 2. The summed E-state index contributed by atoms with van der Waals surface area (Å²) in [5.41, 5.74) is 0.722. The van der Waals surface area contributed by atoms with Crippen LogP contribution >= 0.6 is 0 Å². The Hall–Kier alpha value is -2.25. The predicted octanol–water partition coefficient (Wildman–Crippen LogP) is 3.00. The highest BCUT2D eigenvalue weighted by atomic mass is 19.4. The monoisotopic (exact) mass is 345 g/mol. The lowest BCUT2D eigenvalue weighted by Gasteiger charge is -2.36. The van der Waals surface area contributed by atoms with Crippen molar-refractivity contribution < 1.29 is 32.2 Å². The van der Waals surface area contributed by atoms with Crippen LogP contribution in [0.15, 0.2) is 30.3 Å². The molecule has 0 bridgehead atoms. The number of nitrogens with zero attached hydrogens (tertiary/aromatic N) is 1. The van der Waals surface area contributed by atoms with E-state index < -0.39 is 43.0 Å². The number of carbonyl (C=O) groups is 2. The van der Waals surface area contributed by atoms with E-state index in [1.807, 2.05) is 0 Å². The van der Waals surface area contributed by atoms with Crippen molar-refractivity contribution in [2.24, 2.45) is 11.8 Å². The Morgan fingerprint density at radius 1 is 1.21 bits per heavy atom. The number of benzene rings is 1. The van der Waals surface area contributed by atoms with Gasteiger partial charge in [-0.2, -0.15) is 13.2 Å². The van der Waals surface area contributed by atoms with E-state index in [4.69, 9.17) is 4.74 Å². The maximum atomic E-state index is 13.0. The minimum atomic E-state index is -4.50. The summed E-state index contributed by atoms with van der Waals surface area (Å²) in [6.45, 7) is -0.715. The maximum absolute atomic E-state index is 13.0. The lowest BCUT2D eigenvalue weighted by Crippen LogP contribution is -2.50. The van der Waals surface area contributed by atoms with Gasteiger partial charge in [-0.1, -0.05) is 30.3 Å². The van der Waals surface area contributed by atoms with E-state index in [1.54, 1.807) is 30.3 Å². The van der Waals surface area contributed by atoms with Gasteiger partial charge in [0.05, 0.1) is 18.9 Å². The second-order valence-electron chi connectivity index (χ2n) is 5.64. The molecule has 0 aliphatic carbocycles. The minimum absolute atomic E-state index is 0.0459. The molecular weight excluding hydrogens is 327 g/mol. The smallest absolute Gasteiger partial charge is 0.410 e. The third kappa shape index (κ3) is 4.62. The number of amides is 1. The average Bonchev–Trinajstić information content (AvgIpc) is 2.58. The highest BCUT2D eigenvalue weighted by Crippen LogP contribution is 2.36. The van der Waals surface area contributed by atoms with Gasteiger partial charge in [0.15, 0.2) is 0 Å². The highest BCUT2D eigenvalue weighted by Gasteiger charge is 2.47. The normalized spacial score (nSPS) is 21.2. The van der Waals surface area contributed by atoms with Crippen molar-refractivity contribution >= 4 is 12.1 Å². The molecule has 24 heavy (non-hydrogen) atoms. The van der Waals surface area contributed by atoms with Crippen LogP contribution in [0, 0.1) is 11.8 Å². The van der Waals surface area contributed by atoms with Crippen molar-refractivity contribution in [2.45, 2.75) is 19.2 Å². The van der Waals surface area contributed by atoms with Crippen molar-refractivity contribution in [2.75, 3.05) is 20.2 Å². The standard InChI is InChI=1S/C16H18F3NO4/c1-23-14(21)12-7-13(16(17,18)19)9-20(8-12)15(22)24-10-11-5-3-2-4-6-11/h2-6,12-13H,7-10H2,1H3. The van der Waals surface area contributed by atoms with Gasteiger partial charge in [0, 0.05) is 13.1 Å². The van der Waals surface area contributed by atoms with Crippen molar-refractivity contribution in [3.05, 3.63) is 35.9 Å². The second kappa shape index (κ2) is 7.55. The molecule has 1 aliphatic heterocycles. The lowest BCUT2D eigenvalue weighted by atomic mass is 9.89. The van der Waals surface area contributed by atoms with Gasteiger partial charge in [-0.3, -0.25) is 4.79 Å². The number of piperidine rings is 1. The topological polar surface area (TPSA) is 55.8 Å². The van der Waals surface area contributed by atoms with Gasteiger partial charge in [-0.15, -0.1) is 0 Å². The van der Waals surface area contributed by atoms with Crippen LogP contribution in [0.2, 0.25) is 0 Å². The fraction of sp³-hybridized carbons (Fsp3) is 0.500. The molecule has 1 aromatic rings. The summed E-state index contributed by atoms with van der Waals surface area (Å²) in [7, 11) is 1.11. The molecular formula is C16H18F3NO4. The number of esters is 1. The summed E-state index contributed by atoms with van der Waals surface area (Å²) in [6, 6.07) is 8.79. The Morgan fingerprint density at radius 2 is 1.88 bits per heavy atom. The van der Waals surface area contributed by atoms with E-state index in [-0.39, 0.29) is 13.2 Å². The molecule has 0 spiro atoms. The average molecular weight is 345 g/mol. The van der Waals surface area contributed by atoms with Crippen molar-refractivity contribution in [3.63, 3.8) is 0 Å². The Kier molecular flexibility index (Phi) is 5.69. The van der Waals surface area contributed by atoms with Gasteiger partial charge in [-0.25, -0.2) is 4.79 Å². The molecule has 1 fully saturated rings.